The normalized spacial score (nSPS) is 14.6. The van der Waals surface area contributed by atoms with E-state index in [4.69, 9.17) is 9.47 Å². The summed E-state index contributed by atoms with van der Waals surface area (Å²) in [6.07, 6.45) is 2.09. The fourth-order valence-electron chi connectivity index (χ4n) is 4.26. The van der Waals surface area contributed by atoms with Crippen molar-refractivity contribution in [3.8, 4) is 23.0 Å². The highest BCUT2D eigenvalue weighted by Gasteiger charge is 2.07. The number of hydrogen-bond acceptors (Lipinski definition) is 4. The quantitative estimate of drug-likeness (QED) is 0.335. The van der Waals surface area contributed by atoms with Gasteiger partial charge in [0, 0.05) is 13.1 Å². The maximum absolute atomic E-state index is 12.4. The van der Waals surface area contributed by atoms with Crippen LogP contribution in [0.1, 0.15) is 22.3 Å². The average molecular weight is 507 g/mol. The molecule has 7 aliphatic rings. The fraction of sp³-hybridized carbons (Fsp3) is 0.188. The summed E-state index contributed by atoms with van der Waals surface area (Å²) in [5, 5.41) is 5.99. The molecule has 0 atom stereocenters. The molecule has 0 unspecified atom stereocenters. The topological polar surface area (TPSA) is 76.7 Å². The lowest BCUT2D eigenvalue weighted by Crippen LogP contribution is -2.27. The molecule has 0 radical (unpaired) electrons. The van der Waals surface area contributed by atoms with E-state index >= 15 is 0 Å². The highest BCUT2D eigenvalue weighted by molar-refractivity contribution is 5.79. The van der Waals surface area contributed by atoms with Crippen LogP contribution >= 0.6 is 0 Å². The number of carbonyl (C=O) groups is 2. The molecule has 8 bridgehead atoms. The third-order valence-corrected chi connectivity index (χ3v) is 6.37. The molecule has 0 spiro atoms. The molecular weight excluding hydrogens is 476 g/mol. The molecule has 0 saturated heterocycles. The predicted molar refractivity (Wildman–Crippen MR) is 147 cm³/mol. The van der Waals surface area contributed by atoms with Crippen molar-refractivity contribution in [3.63, 3.8) is 0 Å². The molecule has 0 fully saturated rings. The van der Waals surface area contributed by atoms with E-state index in [0.29, 0.717) is 37.4 Å². The van der Waals surface area contributed by atoms with Crippen molar-refractivity contribution in [2.75, 3.05) is 13.1 Å². The number of ether oxygens (including phenoxy) is 2. The van der Waals surface area contributed by atoms with Crippen molar-refractivity contribution in [3.05, 3.63) is 119 Å². The average Bonchev–Trinajstić information content (AvgIpc) is 2.92. The van der Waals surface area contributed by atoms with E-state index in [-0.39, 0.29) is 11.8 Å². The van der Waals surface area contributed by atoms with E-state index in [2.05, 4.69) is 10.6 Å². The van der Waals surface area contributed by atoms with Crippen LogP contribution in [0.5, 0.6) is 23.0 Å². The van der Waals surface area contributed by atoms with Crippen molar-refractivity contribution < 1.29 is 19.1 Å². The Morgan fingerprint density at radius 1 is 0.421 bits per heavy atom. The van der Waals surface area contributed by atoms with Crippen LogP contribution in [-0.2, 0) is 35.3 Å². The molecular formula is C32H30N2O4. The standard InChI is InChI=1S/C32H30N2O4/c35-31-21-25-5-13-29(14-6-25)38-30-15-7-26(8-16-30)22-32(36)34-20-18-24-3-11-28(12-4-24)37-27-9-1-23(2-10-27)17-19-33-31/h1-16H,17-22H2,(H,33,35)(H,34,36). The lowest BCUT2D eigenvalue weighted by atomic mass is 10.1. The van der Waals surface area contributed by atoms with Gasteiger partial charge in [0.05, 0.1) is 12.8 Å². The summed E-state index contributed by atoms with van der Waals surface area (Å²) in [5.74, 6) is 2.85. The molecule has 7 heterocycles. The van der Waals surface area contributed by atoms with E-state index in [9.17, 15) is 9.59 Å². The SMILES string of the molecule is O=C1Cc2ccc(cc2)Oc2ccc(cc2)CC(=O)NCCc2ccc(cc2)Oc2ccc(cc2)CCN1. The number of nitrogens with one attached hydrogen (secondary N) is 2. The van der Waals surface area contributed by atoms with Crippen molar-refractivity contribution in [2.24, 2.45) is 0 Å². The molecule has 0 aliphatic carbocycles. The molecule has 4 aromatic carbocycles. The van der Waals surface area contributed by atoms with Crippen molar-refractivity contribution in [1.82, 2.24) is 10.6 Å². The van der Waals surface area contributed by atoms with Crippen LogP contribution in [0, 0.1) is 0 Å². The molecule has 6 heteroatoms. The van der Waals surface area contributed by atoms with Crippen LogP contribution in [0.3, 0.4) is 0 Å². The third-order valence-electron chi connectivity index (χ3n) is 6.37. The molecule has 0 aromatic heterocycles. The van der Waals surface area contributed by atoms with Crippen LogP contribution in [0.4, 0.5) is 0 Å². The van der Waals surface area contributed by atoms with Gasteiger partial charge in [-0.3, -0.25) is 9.59 Å². The van der Waals surface area contributed by atoms with Gasteiger partial charge in [-0.2, -0.15) is 0 Å². The minimum Gasteiger partial charge on any atom is -0.457 e. The molecule has 7 aliphatic heterocycles. The first-order valence-corrected chi connectivity index (χ1v) is 12.8. The molecule has 6 nitrogen and oxygen atoms in total. The van der Waals surface area contributed by atoms with Crippen LogP contribution < -0.4 is 20.1 Å². The van der Waals surface area contributed by atoms with Crippen molar-refractivity contribution in [1.29, 1.82) is 0 Å². The Hall–Kier alpha value is -4.58. The van der Waals surface area contributed by atoms with Crippen molar-refractivity contribution in [2.45, 2.75) is 25.7 Å². The first-order chi connectivity index (χ1) is 18.6. The van der Waals surface area contributed by atoms with Gasteiger partial charge in [-0.15, -0.1) is 0 Å². The molecule has 2 N–H and O–H groups in total. The summed E-state index contributed by atoms with van der Waals surface area (Å²) in [5.41, 5.74) is 4.08. The Bertz CT molecular complexity index is 1260. The largest absolute Gasteiger partial charge is 0.457 e. The van der Waals surface area contributed by atoms with Gasteiger partial charge < -0.3 is 20.1 Å². The molecule has 2 amide bonds. The third kappa shape index (κ3) is 7.23. The Kier molecular flexibility index (Phi) is 7.99. The van der Waals surface area contributed by atoms with E-state index in [1.807, 2.05) is 97.1 Å². The Morgan fingerprint density at radius 2 is 0.711 bits per heavy atom. The monoisotopic (exact) mass is 506 g/mol. The van der Waals surface area contributed by atoms with Crippen LogP contribution in [-0.4, -0.2) is 24.9 Å². The highest BCUT2D eigenvalue weighted by atomic mass is 16.5. The summed E-state index contributed by atoms with van der Waals surface area (Å²) in [7, 11) is 0. The summed E-state index contributed by atoms with van der Waals surface area (Å²) < 4.78 is 11.9. The van der Waals surface area contributed by atoms with Gasteiger partial charge in [-0.25, -0.2) is 0 Å². The first-order valence-electron chi connectivity index (χ1n) is 12.8. The zero-order valence-corrected chi connectivity index (χ0v) is 21.1. The minimum atomic E-state index is -0.0187. The van der Waals surface area contributed by atoms with Gasteiger partial charge in [0.1, 0.15) is 23.0 Å². The second-order valence-electron chi connectivity index (χ2n) is 9.33. The molecule has 192 valence electrons. The van der Waals surface area contributed by atoms with E-state index < -0.39 is 0 Å². The number of rotatable bonds is 0. The fourth-order valence-corrected chi connectivity index (χ4v) is 4.26. The lowest BCUT2D eigenvalue weighted by molar-refractivity contribution is -0.121. The summed E-state index contributed by atoms with van der Waals surface area (Å²) in [4.78, 5) is 24.8. The predicted octanol–water partition coefficient (Wildman–Crippen LogP) is 5.39. The second-order valence-corrected chi connectivity index (χ2v) is 9.33. The van der Waals surface area contributed by atoms with Gasteiger partial charge in [-0.05, 0) is 83.6 Å². The summed E-state index contributed by atoms with van der Waals surface area (Å²) in [6.45, 7) is 1.14. The zero-order chi connectivity index (χ0) is 26.2. The van der Waals surface area contributed by atoms with Crippen LogP contribution in [0.25, 0.3) is 0 Å². The highest BCUT2D eigenvalue weighted by Crippen LogP contribution is 2.24. The Labute approximate surface area is 222 Å². The lowest BCUT2D eigenvalue weighted by Gasteiger charge is -2.10. The number of amides is 2. The van der Waals surface area contributed by atoms with Crippen LogP contribution in [0.15, 0.2) is 97.1 Å². The smallest absolute Gasteiger partial charge is 0.224 e. The number of carbonyl (C=O) groups excluding carboxylic acids is 2. The first kappa shape index (κ1) is 25.1. The maximum atomic E-state index is 12.4. The van der Waals surface area contributed by atoms with E-state index in [1.165, 1.54) is 0 Å². The van der Waals surface area contributed by atoms with Gasteiger partial charge in [-0.1, -0.05) is 48.5 Å². The van der Waals surface area contributed by atoms with Crippen molar-refractivity contribution >= 4 is 11.8 Å². The minimum absolute atomic E-state index is 0.0187. The Morgan fingerprint density at radius 3 is 1.03 bits per heavy atom. The van der Waals surface area contributed by atoms with Gasteiger partial charge >= 0.3 is 0 Å². The molecule has 0 saturated carbocycles. The number of hydrogen-bond donors (Lipinski definition) is 2. The molecule has 11 rings (SSSR count). The van der Waals surface area contributed by atoms with E-state index in [1.54, 1.807) is 0 Å². The molecule has 38 heavy (non-hydrogen) atoms. The Balaban J connectivity index is 1.28. The van der Waals surface area contributed by atoms with Crippen LogP contribution in [0.2, 0.25) is 0 Å². The van der Waals surface area contributed by atoms with Gasteiger partial charge in [0.2, 0.25) is 11.8 Å². The summed E-state index contributed by atoms with van der Waals surface area (Å²) in [6, 6.07) is 30.8. The summed E-state index contributed by atoms with van der Waals surface area (Å²) >= 11 is 0. The zero-order valence-electron chi connectivity index (χ0n) is 21.1. The maximum Gasteiger partial charge on any atom is 0.224 e. The van der Waals surface area contributed by atoms with E-state index in [0.717, 1.165) is 46.6 Å². The second kappa shape index (κ2) is 12.1. The number of benzene rings is 4. The van der Waals surface area contributed by atoms with Gasteiger partial charge in [0.15, 0.2) is 0 Å². The van der Waals surface area contributed by atoms with Gasteiger partial charge in [0.25, 0.3) is 0 Å². The molecule has 4 aromatic rings.